The van der Waals surface area contributed by atoms with Gasteiger partial charge in [0.05, 0.1) is 29.6 Å². The molecule has 0 aliphatic carbocycles. The fourth-order valence-corrected chi connectivity index (χ4v) is 3.23. The Morgan fingerprint density at radius 2 is 1.67 bits per heavy atom. The van der Waals surface area contributed by atoms with Gasteiger partial charge in [-0.05, 0) is 44.9 Å². The first-order valence-corrected chi connectivity index (χ1v) is 11.3. The number of allylic oxidation sites excluding steroid dienone is 2. The summed E-state index contributed by atoms with van der Waals surface area (Å²) in [6, 6.07) is 8.10. The predicted molar refractivity (Wildman–Crippen MR) is 135 cm³/mol. The van der Waals surface area contributed by atoms with Crippen LogP contribution in [0.5, 0.6) is 0 Å². The molecule has 2 heterocycles. The van der Waals surface area contributed by atoms with E-state index >= 15 is 0 Å². The SMILES string of the molecule is CC/N=C\C(Nc1ncc(-c2ccc(CC(=O)Nc3cnc(C)c(C(F)(F)F)c3)cc2)cn1)=C(C)C. The number of anilines is 2. The zero-order valence-corrected chi connectivity index (χ0v) is 20.4. The van der Waals surface area contributed by atoms with Gasteiger partial charge in [0.1, 0.15) is 0 Å². The molecular formula is C26H27F3N6O. The summed E-state index contributed by atoms with van der Waals surface area (Å²) in [4.78, 5) is 29.1. The number of halogens is 3. The molecule has 7 nitrogen and oxygen atoms in total. The summed E-state index contributed by atoms with van der Waals surface area (Å²) < 4.78 is 39.2. The highest BCUT2D eigenvalue weighted by atomic mass is 19.4. The fraction of sp³-hybridized carbons (Fsp3) is 0.269. The molecule has 0 fully saturated rings. The van der Waals surface area contributed by atoms with Crippen molar-refractivity contribution in [1.82, 2.24) is 15.0 Å². The van der Waals surface area contributed by atoms with Crippen molar-refractivity contribution >= 4 is 23.8 Å². The Balaban J connectivity index is 1.64. The van der Waals surface area contributed by atoms with E-state index in [0.29, 0.717) is 18.1 Å². The van der Waals surface area contributed by atoms with Gasteiger partial charge in [-0.3, -0.25) is 14.8 Å². The quantitative estimate of drug-likeness (QED) is 0.382. The number of amides is 1. The number of carbonyl (C=O) groups is 1. The van der Waals surface area contributed by atoms with Crippen molar-refractivity contribution in [3.63, 3.8) is 0 Å². The molecule has 0 aliphatic heterocycles. The van der Waals surface area contributed by atoms with Crippen LogP contribution < -0.4 is 10.6 Å². The molecule has 3 rings (SSSR count). The van der Waals surface area contributed by atoms with Crippen LogP contribution in [0.15, 0.2) is 65.2 Å². The summed E-state index contributed by atoms with van der Waals surface area (Å²) in [5.41, 5.74) is 3.22. The maximum atomic E-state index is 13.1. The Kier molecular flexibility index (Phi) is 8.52. The predicted octanol–water partition coefficient (Wildman–Crippen LogP) is 5.84. The van der Waals surface area contributed by atoms with Gasteiger partial charge in [-0.15, -0.1) is 0 Å². The monoisotopic (exact) mass is 496 g/mol. The van der Waals surface area contributed by atoms with Crippen LogP contribution >= 0.6 is 0 Å². The van der Waals surface area contributed by atoms with E-state index in [2.05, 4.69) is 30.6 Å². The first kappa shape index (κ1) is 26.5. The first-order chi connectivity index (χ1) is 17.1. The summed E-state index contributed by atoms with van der Waals surface area (Å²) >= 11 is 0. The van der Waals surface area contributed by atoms with Crippen molar-refractivity contribution < 1.29 is 18.0 Å². The van der Waals surface area contributed by atoms with Crippen molar-refractivity contribution in [3.8, 4) is 11.1 Å². The zero-order valence-electron chi connectivity index (χ0n) is 20.4. The summed E-state index contributed by atoms with van der Waals surface area (Å²) in [5.74, 6) is 0.00653. The number of aryl methyl sites for hydroxylation is 1. The van der Waals surface area contributed by atoms with Gasteiger partial charge >= 0.3 is 6.18 Å². The van der Waals surface area contributed by atoms with Gasteiger partial charge in [-0.25, -0.2) is 9.97 Å². The average Bonchev–Trinajstić information content (AvgIpc) is 2.83. The summed E-state index contributed by atoms with van der Waals surface area (Å²) in [6.45, 7) is 7.85. The minimum atomic E-state index is -4.54. The first-order valence-electron chi connectivity index (χ1n) is 11.3. The standard InChI is InChI=1S/C26H27F3N6O/c1-5-30-15-23(16(2)3)35-25-32-12-20(13-33-25)19-8-6-18(7-9-19)10-24(36)34-21-11-22(26(27,28)29)17(4)31-14-21/h6-9,11-15H,5,10H2,1-4H3,(H,34,36)(H,32,33,35)/b30-15-. The Labute approximate surface area is 207 Å². The molecule has 2 N–H and O–H groups in total. The Bertz CT molecular complexity index is 1260. The van der Waals surface area contributed by atoms with Crippen LogP contribution in [0.4, 0.5) is 24.8 Å². The molecule has 1 amide bonds. The molecule has 1 aromatic carbocycles. The number of aromatic nitrogens is 3. The van der Waals surface area contributed by atoms with Crippen molar-refractivity contribution in [2.75, 3.05) is 17.2 Å². The number of hydrogen-bond donors (Lipinski definition) is 2. The van der Waals surface area contributed by atoms with Crippen LogP contribution in [0.1, 0.15) is 37.6 Å². The van der Waals surface area contributed by atoms with E-state index in [1.54, 1.807) is 30.7 Å². The molecular weight excluding hydrogens is 469 g/mol. The molecule has 10 heteroatoms. The number of hydrogen-bond acceptors (Lipinski definition) is 6. The number of aliphatic imine (C=N–C) groups is 1. The van der Waals surface area contributed by atoms with Crippen LogP contribution in [0.2, 0.25) is 0 Å². The highest BCUT2D eigenvalue weighted by Gasteiger charge is 2.33. The van der Waals surface area contributed by atoms with Gasteiger partial charge in [0.2, 0.25) is 11.9 Å². The Morgan fingerprint density at radius 3 is 2.25 bits per heavy atom. The van der Waals surface area contributed by atoms with Crippen LogP contribution in [-0.4, -0.2) is 33.6 Å². The van der Waals surface area contributed by atoms with Gasteiger partial charge in [0, 0.05) is 36.4 Å². The van der Waals surface area contributed by atoms with E-state index in [1.165, 1.54) is 13.1 Å². The number of pyridine rings is 1. The van der Waals surface area contributed by atoms with Crippen molar-refractivity contribution in [3.05, 3.63) is 77.0 Å². The fourth-order valence-electron chi connectivity index (χ4n) is 3.23. The molecule has 2 aromatic heterocycles. The minimum absolute atomic E-state index is 0.000338. The lowest BCUT2D eigenvalue weighted by Crippen LogP contribution is -2.16. The number of nitrogens with one attached hydrogen (secondary N) is 2. The van der Waals surface area contributed by atoms with Crippen molar-refractivity contribution in [2.24, 2.45) is 4.99 Å². The largest absolute Gasteiger partial charge is 0.418 e. The molecule has 36 heavy (non-hydrogen) atoms. The van der Waals surface area contributed by atoms with E-state index in [9.17, 15) is 18.0 Å². The van der Waals surface area contributed by atoms with Gasteiger partial charge in [0.15, 0.2) is 0 Å². The molecule has 0 aliphatic rings. The van der Waals surface area contributed by atoms with Gasteiger partial charge in [0.25, 0.3) is 0 Å². The smallest absolute Gasteiger partial charge is 0.324 e. The van der Waals surface area contributed by atoms with Gasteiger partial charge in [-0.2, -0.15) is 13.2 Å². The highest BCUT2D eigenvalue weighted by Crippen LogP contribution is 2.32. The second kappa shape index (κ2) is 11.6. The number of carbonyl (C=O) groups excluding carboxylic acids is 1. The van der Waals surface area contributed by atoms with E-state index in [0.717, 1.165) is 28.5 Å². The van der Waals surface area contributed by atoms with Gasteiger partial charge < -0.3 is 10.6 Å². The van der Waals surface area contributed by atoms with Crippen molar-refractivity contribution in [2.45, 2.75) is 40.3 Å². The van der Waals surface area contributed by atoms with E-state index in [4.69, 9.17) is 0 Å². The molecule has 0 saturated carbocycles. The average molecular weight is 497 g/mol. The number of alkyl halides is 3. The number of rotatable bonds is 8. The molecule has 3 aromatic rings. The van der Waals surface area contributed by atoms with Crippen LogP contribution in [0.3, 0.4) is 0 Å². The third-order valence-corrected chi connectivity index (χ3v) is 5.17. The van der Waals surface area contributed by atoms with Crippen LogP contribution in [-0.2, 0) is 17.4 Å². The van der Waals surface area contributed by atoms with E-state index < -0.39 is 17.6 Å². The molecule has 0 radical (unpaired) electrons. The number of benzene rings is 1. The summed E-state index contributed by atoms with van der Waals surface area (Å²) in [5, 5.41) is 5.63. The molecule has 0 saturated heterocycles. The maximum Gasteiger partial charge on any atom is 0.418 e. The summed E-state index contributed by atoms with van der Waals surface area (Å²) in [6.07, 6.45) is 1.81. The Morgan fingerprint density at radius 1 is 1.00 bits per heavy atom. The molecule has 0 unspecified atom stereocenters. The zero-order chi connectivity index (χ0) is 26.3. The Hall–Kier alpha value is -4.08. The lowest BCUT2D eigenvalue weighted by molar-refractivity contribution is -0.138. The molecule has 0 spiro atoms. The molecule has 0 atom stereocenters. The summed E-state index contributed by atoms with van der Waals surface area (Å²) in [7, 11) is 0. The third kappa shape index (κ3) is 7.21. The van der Waals surface area contributed by atoms with Crippen LogP contribution in [0, 0.1) is 6.92 Å². The second-order valence-corrected chi connectivity index (χ2v) is 8.24. The number of nitrogens with zero attached hydrogens (tertiary/aromatic N) is 4. The lowest BCUT2D eigenvalue weighted by atomic mass is 10.0. The molecule has 0 bridgehead atoms. The topological polar surface area (TPSA) is 92.2 Å². The van der Waals surface area contributed by atoms with E-state index in [-0.39, 0.29) is 17.8 Å². The maximum absolute atomic E-state index is 13.1. The van der Waals surface area contributed by atoms with Crippen LogP contribution in [0.25, 0.3) is 11.1 Å². The normalized spacial score (nSPS) is 11.4. The van der Waals surface area contributed by atoms with Gasteiger partial charge in [-0.1, -0.05) is 29.8 Å². The highest BCUT2D eigenvalue weighted by molar-refractivity contribution is 5.92. The van der Waals surface area contributed by atoms with Crippen molar-refractivity contribution in [1.29, 1.82) is 0 Å². The second-order valence-electron chi connectivity index (χ2n) is 8.24. The lowest BCUT2D eigenvalue weighted by Gasteiger charge is -2.12. The third-order valence-electron chi connectivity index (χ3n) is 5.17. The van der Waals surface area contributed by atoms with E-state index in [1.807, 2.05) is 32.9 Å². The minimum Gasteiger partial charge on any atom is -0.324 e. The molecule has 188 valence electrons.